The predicted octanol–water partition coefficient (Wildman–Crippen LogP) is 1.31. The zero-order valence-electron chi connectivity index (χ0n) is 11.5. The van der Waals surface area contributed by atoms with Crippen LogP contribution in [0.5, 0.6) is 0 Å². The number of hydrazone groups is 1. The summed E-state index contributed by atoms with van der Waals surface area (Å²) in [6.45, 7) is 6.65. The van der Waals surface area contributed by atoms with Crippen molar-refractivity contribution in [3.8, 4) is 0 Å². The summed E-state index contributed by atoms with van der Waals surface area (Å²) < 4.78 is 0. The summed E-state index contributed by atoms with van der Waals surface area (Å²) in [5.41, 5.74) is 4.25. The van der Waals surface area contributed by atoms with E-state index in [0.29, 0.717) is 13.1 Å². The first-order valence-corrected chi connectivity index (χ1v) is 6.27. The number of nitrogens with one attached hydrogen (secondary N) is 1. The van der Waals surface area contributed by atoms with Gasteiger partial charge in [-0.25, -0.2) is 5.43 Å². The lowest BCUT2D eigenvalue weighted by Gasteiger charge is -2.16. The molecule has 0 fully saturated rings. The van der Waals surface area contributed by atoms with Crippen molar-refractivity contribution in [1.29, 1.82) is 0 Å². The van der Waals surface area contributed by atoms with Gasteiger partial charge in [-0.3, -0.25) is 9.59 Å². The van der Waals surface area contributed by atoms with Gasteiger partial charge in [0.15, 0.2) is 0 Å². The highest BCUT2D eigenvalue weighted by Gasteiger charge is 2.18. The second-order valence-corrected chi connectivity index (χ2v) is 4.09. The highest BCUT2D eigenvalue weighted by molar-refractivity contribution is 6.34. The van der Waals surface area contributed by atoms with Crippen LogP contribution in [0.4, 0.5) is 0 Å². The Bertz CT molecular complexity index is 462. The molecule has 0 bridgehead atoms. The van der Waals surface area contributed by atoms with E-state index >= 15 is 0 Å². The molecule has 0 heterocycles. The molecular weight excluding hydrogens is 242 g/mol. The molecule has 0 aliphatic rings. The Kier molecular flexibility index (Phi) is 5.73. The van der Waals surface area contributed by atoms with Crippen molar-refractivity contribution >= 4 is 18.0 Å². The van der Waals surface area contributed by atoms with Crippen molar-refractivity contribution in [1.82, 2.24) is 10.3 Å². The molecule has 0 aliphatic heterocycles. The number of rotatable bonds is 4. The van der Waals surface area contributed by atoms with Crippen LogP contribution < -0.4 is 5.43 Å². The Hall–Kier alpha value is -2.17. The standard InChI is InChI=1S/C14H19N3O2/c1-4-17(5-2)14(19)13(18)16-15-10-12-8-6-11(3)7-9-12/h6-10H,4-5H2,1-3H3,(H,16,18). The fourth-order valence-corrected chi connectivity index (χ4v) is 1.52. The second-order valence-electron chi connectivity index (χ2n) is 4.09. The first-order valence-electron chi connectivity index (χ1n) is 6.27. The summed E-state index contributed by atoms with van der Waals surface area (Å²) in [6, 6.07) is 7.67. The van der Waals surface area contributed by atoms with E-state index in [1.165, 1.54) is 11.1 Å². The number of likely N-dealkylation sites (N-methyl/N-ethyl adjacent to an activating group) is 1. The van der Waals surface area contributed by atoms with Crippen molar-refractivity contribution in [2.75, 3.05) is 13.1 Å². The number of benzene rings is 1. The quantitative estimate of drug-likeness (QED) is 0.504. The molecule has 1 rings (SSSR count). The van der Waals surface area contributed by atoms with Gasteiger partial charge in [-0.05, 0) is 26.3 Å². The Balaban J connectivity index is 2.54. The molecule has 0 saturated heterocycles. The van der Waals surface area contributed by atoms with Crippen LogP contribution in [0.15, 0.2) is 29.4 Å². The molecule has 0 aromatic heterocycles. The molecule has 2 amide bonds. The lowest BCUT2D eigenvalue weighted by atomic mass is 10.2. The molecule has 0 aliphatic carbocycles. The largest absolute Gasteiger partial charge is 0.335 e. The maximum absolute atomic E-state index is 11.6. The fourth-order valence-electron chi connectivity index (χ4n) is 1.52. The topological polar surface area (TPSA) is 61.8 Å². The minimum absolute atomic E-state index is 0.504. The van der Waals surface area contributed by atoms with Crippen molar-refractivity contribution < 1.29 is 9.59 Å². The van der Waals surface area contributed by atoms with Crippen molar-refractivity contribution in [3.05, 3.63) is 35.4 Å². The van der Waals surface area contributed by atoms with E-state index in [1.807, 2.05) is 45.0 Å². The maximum atomic E-state index is 11.6. The highest BCUT2D eigenvalue weighted by atomic mass is 16.2. The molecular formula is C14H19N3O2. The minimum Gasteiger partial charge on any atom is -0.335 e. The zero-order chi connectivity index (χ0) is 14.3. The van der Waals surface area contributed by atoms with E-state index in [2.05, 4.69) is 10.5 Å². The SMILES string of the molecule is CCN(CC)C(=O)C(=O)NN=Cc1ccc(C)cc1. The average Bonchev–Trinajstić information content (AvgIpc) is 2.42. The van der Waals surface area contributed by atoms with Gasteiger partial charge in [0.1, 0.15) is 0 Å². The van der Waals surface area contributed by atoms with E-state index in [0.717, 1.165) is 11.1 Å². The Morgan fingerprint density at radius 3 is 2.32 bits per heavy atom. The number of carbonyl (C=O) groups is 2. The number of carbonyl (C=O) groups excluding carboxylic acids is 2. The molecule has 0 radical (unpaired) electrons. The van der Waals surface area contributed by atoms with Crippen molar-refractivity contribution in [2.45, 2.75) is 20.8 Å². The number of aryl methyl sites for hydroxylation is 1. The van der Waals surface area contributed by atoms with Gasteiger partial charge in [0.05, 0.1) is 6.21 Å². The van der Waals surface area contributed by atoms with Crippen LogP contribution in [0.2, 0.25) is 0 Å². The number of hydrogen-bond donors (Lipinski definition) is 1. The zero-order valence-corrected chi connectivity index (χ0v) is 11.5. The van der Waals surface area contributed by atoms with Crippen LogP contribution in [0.25, 0.3) is 0 Å². The molecule has 0 atom stereocenters. The summed E-state index contributed by atoms with van der Waals surface area (Å²) in [5, 5.41) is 3.77. The number of hydrogen-bond acceptors (Lipinski definition) is 3. The Morgan fingerprint density at radius 2 is 1.79 bits per heavy atom. The lowest BCUT2D eigenvalue weighted by molar-refractivity contribution is -0.145. The summed E-state index contributed by atoms with van der Waals surface area (Å²) in [4.78, 5) is 24.6. The van der Waals surface area contributed by atoms with Crippen LogP contribution in [-0.2, 0) is 9.59 Å². The fraction of sp³-hybridized carbons (Fsp3) is 0.357. The van der Waals surface area contributed by atoms with Gasteiger partial charge >= 0.3 is 11.8 Å². The summed E-state index contributed by atoms with van der Waals surface area (Å²) in [6.07, 6.45) is 1.51. The normalized spacial score (nSPS) is 10.5. The van der Waals surface area contributed by atoms with Crippen LogP contribution in [0.1, 0.15) is 25.0 Å². The molecule has 19 heavy (non-hydrogen) atoms. The van der Waals surface area contributed by atoms with Gasteiger partial charge in [0.25, 0.3) is 0 Å². The predicted molar refractivity (Wildman–Crippen MR) is 74.8 cm³/mol. The summed E-state index contributed by atoms with van der Waals surface area (Å²) in [5.74, 6) is -1.28. The molecule has 102 valence electrons. The molecule has 0 unspecified atom stereocenters. The molecule has 5 heteroatoms. The summed E-state index contributed by atoms with van der Waals surface area (Å²) in [7, 11) is 0. The monoisotopic (exact) mass is 261 g/mol. The molecule has 1 aromatic rings. The number of nitrogens with zero attached hydrogens (tertiary/aromatic N) is 2. The van der Waals surface area contributed by atoms with E-state index < -0.39 is 11.8 Å². The third-order valence-corrected chi connectivity index (χ3v) is 2.70. The highest BCUT2D eigenvalue weighted by Crippen LogP contribution is 1.99. The van der Waals surface area contributed by atoms with Crippen LogP contribution in [0.3, 0.4) is 0 Å². The average molecular weight is 261 g/mol. The second kappa shape index (κ2) is 7.31. The Labute approximate surface area is 113 Å². The molecule has 1 N–H and O–H groups in total. The van der Waals surface area contributed by atoms with Gasteiger partial charge in [-0.2, -0.15) is 5.10 Å². The smallest absolute Gasteiger partial charge is 0.329 e. The summed E-state index contributed by atoms with van der Waals surface area (Å²) >= 11 is 0. The third kappa shape index (κ3) is 4.54. The van der Waals surface area contributed by atoms with E-state index in [4.69, 9.17) is 0 Å². The van der Waals surface area contributed by atoms with Gasteiger partial charge in [0, 0.05) is 13.1 Å². The van der Waals surface area contributed by atoms with Crippen molar-refractivity contribution in [2.24, 2.45) is 5.10 Å². The van der Waals surface area contributed by atoms with Gasteiger partial charge in [-0.15, -0.1) is 0 Å². The van der Waals surface area contributed by atoms with E-state index in [1.54, 1.807) is 0 Å². The van der Waals surface area contributed by atoms with Crippen LogP contribution in [-0.4, -0.2) is 36.0 Å². The molecule has 0 spiro atoms. The van der Waals surface area contributed by atoms with Gasteiger partial charge < -0.3 is 4.90 Å². The van der Waals surface area contributed by atoms with Crippen molar-refractivity contribution in [3.63, 3.8) is 0 Å². The number of amides is 2. The lowest BCUT2D eigenvalue weighted by Crippen LogP contribution is -2.41. The van der Waals surface area contributed by atoms with E-state index in [-0.39, 0.29) is 0 Å². The Morgan fingerprint density at radius 1 is 1.21 bits per heavy atom. The van der Waals surface area contributed by atoms with E-state index in [9.17, 15) is 9.59 Å². The first kappa shape index (κ1) is 14.9. The third-order valence-electron chi connectivity index (χ3n) is 2.70. The van der Waals surface area contributed by atoms with Gasteiger partial charge in [-0.1, -0.05) is 29.8 Å². The molecule has 0 saturated carbocycles. The van der Waals surface area contributed by atoms with Crippen LogP contribution >= 0.6 is 0 Å². The molecule has 1 aromatic carbocycles. The van der Waals surface area contributed by atoms with Crippen LogP contribution in [0, 0.1) is 6.92 Å². The molecule has 5 nitrogen and oxygen atoms in total. The first-order chi connectivity index (χ1) is 9.08. The van der Waals surface area contributed by atoms with Gasteiger partial charge in [0.2, 0.25) is 0 Å². The maximum Gasteiger partial charge on any atom is 0.329 e. The minimum atomic E-state index is -0.716.